The summed E-state index contributed by atoms with van der Waals surface area (Å²) in [6.07, 6.45) is 0.348. The van der Waals surface area contributed by atoms with E-state index >= 15 is 0 Å². The average Bonchev–Trinajstić information content (AvgIpc) is 2.81. The van der Waals surface area contributed by atoms with Crippen molar-refractivity contribution < 1.29 is 9.90 Å². The van der Waals surface area contributed by atoms with Crippen molar-refractivity contribution in [1.29, 1.82) is 0 Å². The number of nitrogen functional groups attached to an aromatic ring is 1. The number of carbonyl (C=O) groups is 1. The van der Waals surface area contributed by atoms with Gasteiger partial charge in [-0.25, -0.2) is 4.98 Å². The first-order valence-electron chi connectivity index (χ1n) is 6.89. The Kier molecular flexibility index (Phi) is 4.81. The summed E-state index contributed by atoms with van der Waals surface area (Å²) >= 11 is 0. The van der Waals surface area contributed by atoms with E-state index in [1.165, 1.54) is 0 Å². The van der Waals surface area contributed by atoms with Gasteiger partial charge in [0.25, 0.3) is 0 Å². The van der Waals surface area contributed by atoms with Crippen molar-refractivity contribution >= 4 is 23.7 Å². The van der Waals surface area contributed by atoms with Crippen LogP contribution < -0.4 is 26.6 Å². The van der Waals surface area contributed by atoms with Crippen molar-refractivity contribution in [3.63, 3.8) is 0 Å². The molecule has 6 N–H and O–H groups in total. The normalized spacial score (nSPS) is 21.4. The molecule has 0 bridgehead atoms. The van der Waals surface area contributed by atoms with Crippen LogP contribution in [0.2, 0.25) is 0 Å². The lowest BCUT2D eigenvalue weighted by atomic mass is 10.3. The second kappa shape index (κ2) is 6.59. The van der Waals surface area contributed by atoms with Gasteiger partial charge in [-0.1, -0.05) is 0 Å². The van der Waals surface area contributed by atoms with Crippen LogP contribution in [0.25, 0.3) is 0 Å². The zero-order valence-corrected chi connectivity index (χ0v) is 12.1. The SMILES string of the molecule is CN(CCN)c1nc(N2CC(O)CC2NC=O)ccc1N. The van der Waals surface area contributed by atoms with Crippen LogP contribution in [-0.2, 0) is 4.79 Å². The minimum Gasteiger partial charge on any atom is -0.396 e. The van der Waals surface area contributed by atoms with Crippen LogP contribution in [0, 0.1) is 0 Å². The van der Waals surface area contributed by atoms with Crippen LogP contribution in [0.1, 0.15) is 6.42 Å². The summed E-state index contributed by atoms with van der Waals surface area (Å²) in [6.45, 7) is 1.56. The summed E-state index contributed by atoms with van der Waals surface area (Å²) in [6, 6.07) is 3.56. The largest absolute Gasteiger partial charge is 0.396 e. The highest BCUT2D eigenvalue weighted by atomic mass is 16.3. The lowest BCUT2D eigenvalue weighted by Crippen LogP contribution is -2.41. The van der Waals surface area contributed by atoms with E-state index in [2.05, 4.69) is 10.3 Å². The van der Waals surface area contributed by atoms with Gasteiger partial charge in [-0.3, -0.25) is 4.79 Å². The quantitative estimate of drug-likeness (QED) is 0.481. The Balaban J connectivity index is 2.27. The zero-order valence-electron chi connectivity index (χ0n) is 12.1. The van der Waals surface area contributed by atoms with E-state index in [-0.39, 0.29) is 6.17 Å². The molecule has 1 amide bonds. The van der Waals surface area contributed by atoms with Gasteiger partial charge in [-0.15, -0.1) is 0 Å². The Morgan fingerprint density at radius 1 is 1.62 bits per heavy atom. The molecule has 2 rings (SSSR count). The number of nitrogens with one attached hydrogen (secondary N) is 1. The fourth-order valence-electron chi connectivity index (χ4n) is 2.52. The van der Waals surface area contributed by atoms with Crippen LogP contribution in [-0.4, -0.2) is 55.5 Å². The number of β-amino-alcohol motifs (C(OH)–C–C–N with tert-alkyl or cyclic N) is 1. The van der Waals surface area contributed by atoms with Crippen LogP contribution in [0.15, 0.2) is 12.1 Å². The maximum atomic E-state index is 10.7. The summed E-state index contributed by atoms with van der Waals surface area (Å²) in [5.41, 5.74) is 12.1. The maximum absolute atomic E-state index is 10.7. The Morgan fingerprint density at radius 3 is 3.05 bits per heavy atom. The minimum atomic E-state index is -0.493. The predicted octanol–water partition coefficient (Wildman–Crippen LogP) is -1.30. The molecule has 116 valence electrons. The van der Waals surface area contributed by atoms with Crippen molar-refractivity contribution in [3.05, 3.63) is 12.1 Å². The van der Waals surface area contributed by atoms with E-state index in [0.29, 0.717) is 49.8 Å². The number of rotatable bonds is 6. The average molecular weight is 294 g/mol. The number of amides is 1. The van der Waals surface area contributed by atoms with Gasteiger partial charge in [0.05, 0.1) is 11.8 Å². The van der Waals surface area contributed by atoms with Gasteiger partial charge >= 0.3 is 0 Å². The highest BCUT2D eigenvalue weighted by Gasteiger charge is 2.31. The smallest absolute Gasteiger partial charge is 0.208 e. The number of nitrogens with zero attached hydrogens (tertiary/aromatic N) is 3. The zero-order chi connectivity index (χ0) is 15.4. The second-order valence-corrected chi connectivity index (χ2v) is 5.13. The number of likely N-dealkylation sites (N-methyl/N-ethyl adjacent to an activating group) is 1. The summed E-state index contributed by atoms with van der Waals surface area (Å²) in [5.74, 6) is 1.31. The monoisotopic (exact) mass is 294 g/mol. The molecule has 21 heavy (non-hydrogen) atoms. The highest BCUT2D eigenvalue weighted by Crippen LogP contribution is 2.27. The topological polar surface area (TPSA) is 121 Å². The fourth-order valence-corrected chi connectivity index (χ4v) is 2.52. The summed E-state index contributed by atoms with van der Waals surface area (Å²) < 4.78 is 0. The molecular weight excluding hydrogens is 272 g/mol. The molecule has 0 saturated carbocycles. The van der Waals surface area contributed by atoms with Crippen LogP contribution >= 0.6 is 0 Å². The summed E-state index contributed by atoms with van der Waals surface area (Å²) in [4.78, 5) is 19.0. The molecular formula is C13H22N6O2. The van der Waals surface area contributed by atoms with Crippen LogP contribution in [0.4, 0.5) is 17.3 Å². The summed E-state index contributed by atoms with van der Waals surface area (Å²) in [5, 5.41) is 12.5. The van der Waals surface area contributed by atoms with E-state index in [4.69, 9.17) is 11.5 Å². The van der Waals surface area contributed by atoms with Crippen molar-refractivity contribution in [3.8, 4) is 0 Å². The number of aromatic nitrogens is 1. The number of hydrogen-bond acceptors (Lipinski definition) is 7. The van der Waals surface area contributed by atoms with Gasteiger partial charge < -0.3 is 31.7 Å². The van der Waals surface area contributed by atoms with Crippen molar-refractivity contribution in [2.24, 2.45) is 5.73 Å². The Labute approximate surface area is 123 Å². The van der Waals surface area contributed by atoms with Crippen molar-refractivity contribution in [2.75, 3.05) is 42.2 Å². The second-order valence-electron chi connectivity index (χ2n) is 5.13. The molecule has 1 saturated heterocycles. The highest BCUT2D eigenvalue weighted by molar-refractivity contribution is 5.66. The molecule has 0 aromatic carbocycles. The number of aliphatic hydroxyl groups excluding tert-OH is 1. The van der Waals surface area contributed by atoms with Crippen molar-refractivity contribution in [1.82, 2.24) is 10.3 Å². The minimum absolute atomic E-state index is 0.263. The van der Waals surface area contributed by atoms with Gasteiger partial charge in [0, 0.05) is 33.1 Å². The molecule has 8 heteroatoms. The molecule has 2 atom stereocenters. The van der Waals surface area contributed by atoms with Crippen LogP contribution in [0.3, 0.4) is 0 Å². The first-order chi connectivity index (χ1) is 10.1. The Hall–Kier alpha value is -2.06. The molecule has 1 aromatic rings. The molecule has 1 aromatic heterocycles. The van der Waals surface area contributed by atoms with Gasteiger partial charge in [-0.05, 0) is 12.1 Å². The van der Waals surface area contributed by atoms with E-state index in [9.17, 15) is 9.90 Å². The first-order valence-corrected chi connectivity index (χ1v) is 6.89. The molecule has 0 spiro atoms. The lowest BCUT2D eigenvalue weighted by molar-refractivity contribution is -0.110. The number of carbonyl (C=O) groups excluding carboxylic acids is 1. The number of pyridine rings is 1. The molecule has 1 aliphatic heterocycles. The molecule has 0 aliphatic carbocycles. The Morgan fingerprint density at radius 2 is 2.38 bits per heavy atom. The molecule has 2 unspecified atom stereocenters. The fraction of sp³-hybridized carbons (Fsp3) is 0.538. The third-order valence-electron chi connectivity index (χ3n) is 3.55. The lowest BCUT2D eigenvalue weighted by Gasteiger charge is -2.27. The molecule has 0 radical (unpaired) electrons. The maximum Gasteiger partial charge on any atom is 0.208 e. The van der Waals surface area contributed by atoms with Gasteiger partial charge in [-0.2, -0.15) is 0 Å². The number of aliphatic hydroxyl groups is 1. The van der Waals surface area contributed by atoms with E-state index < -0.39 is 6.10 Å². The number of anilines is 3. The van der Waals surface area contributed by atoms with E-state index in [1.807, 2.05) is 16.8 Å². The third-order valence-corrected chi connectivity index (χ3v) is 3.55. The number of nitrogens with two attached hydrogens (primary N) is 2. The number of hydrogen-bond donors (Lipinski definition) is 4. The van der Waals surface area contributed by atoms with Crippen molar-refractivity contribution in [2.45, 2.75) is 18.7 Å². The van der Waals surface area contributed by atoms with Gasteiger partial charge in [0.15, 0.2) is 5.82 Å². The summed E-state index contributed by atoms with van der Waals surface area (Å²) in [7, 11) is 1.87. The third kappa shape index (κ3) is 3.34. The van der Waals surface area contributed by atoms with Gasteiger partial charge in [0.2, 0.25) is 6.41 Å². The molecule has 8 nitrogen and oxygen atoms in total. The van der Waals surface area contributed by atoms with Crippen LogP contribution in [0.5, 0.6) is 0 Å². The molecule has 1 fully saturated rings. The molecule has 1 aliphatic rings. The molecule has 2 heterocycles. The Bertz CT molecular complexity index is 498. The first kappa shape index (κ1) is 15.3. The van der Waals surface area contributed by atoms with E-state index in [0.717, 1.165) is 0 Å². The van der Waals surface area contributed by atoms with Gasteiger partial charge in [0.1, 0.15) is 12.0 Å². The predicted molar refractivity (Wildman–Crippen MR) is 81.9 cm³/mol. The standard InChI is InChI=1S/C13H22N6O2/c1-18(5-4-14)13-10(15)2-3-11(17-13)19-7-9(21)6-12(19)16-8-20/h2-3,8-9,12,21H,4-7,14-15H2,1H3,(H,16,20). The van der Waals surface area contributed by atoms with E-state index in [1.54, 1.807) is 12.1 Å².